The molecule has 0 aromatic heterocycles. The normalized spacial score (nSPS) is 29.5. The van der Waals surface area contributed by atoms with Gasteiger partial charge in [0.25, 0.3) is 5.92 Å². The molecule has 13 heavy (non-hydrogen) atoms. The highest BCUT2D eigenvalue weighted by Crippen LogP contribution is 2.36. The Hall–Kier alpha value is -0.180. The molecule has 0 radical (unpaired) electrons. The zero-order valence-corrected chi connectivity index (χ0v) is 8.69. The zero-order valence-electron chi connectivity index (χ0n) is 8.69. The predicted molar refractivity (Wildman–Crippen MR) is 50.0 cm³/mol. The number of nitrogens with zero attached hydrogens (tertiary/aromatic N) is 1. The minimum atomic E-state index is -2.47. The fourth-order valence-electron chi connectivity index (χ4n) is 2.01. The second kappa shape index (κ2) is 3.91. The highest BCUT2D eigenvalue weighted by molar-refractivity contribution is 4.85. The molecular formula is C10H19F2N. The quantitative estimate of drug-likeness (QED) is 0.648. The maximum absolute atomic E-state index is 13.4. The minimum absolute atomic E-state index is 0.0651. The van der Waals surface area contributed by atoms with Crippen molar-refractivity contribution in [2.24, 2.45) is 11.8 Å². The molecule has 1 fully saturated rings. The number of alkyl halides is 2. The monoisotopic (exact) mass is 191 g/mol. The largest absolute Gasteiger partial charge is 0.301 e. The third kappa shape index (κ3) is 2.90. The molecule has 0 aromatic rings. The van der Waals surface area contributed by atoms with Gasteiger partial charge in [0.15, 0.2) is 0 Å². The Bertz CT molecular complexity index is 168. The zero-order chi connectivity index (χ0) is 10.1. The number of rotatable bonds is 2. The van der Waals surface area contributed by atoms with E-state index in [4.69, 9.17) is 0 Å². The van der Waals surface area contributed by atoms with Gasteiger partial charge in [0.1, 0.15) is 0 Å². The van der Waals surface area contributed by atoms with Crippen LogP contribution in [0.25, 0.3) is 0 Å². The second-order valence-corrected chi connectivity index (χ2v) is 4.61. The summed E-state index contributed by atoms with van der Waals surface area (Å²) in [5, 5.41) is 0. The van der Waals surface area contributed by atoms with Crippen molar-refractivity contribution in [3.63, 3.8) is 0 Å². The number of likely N-dealkylation sites (tertiary alicyclic amines) is 1. The minimum Gasteiger partial charge on any atom is -0.301 e. The fourth-order valence-corrected chi connectivity index (χ4v) is 2.01. The lowest BCUT2D eigenvalue weighted by atomic mass is 9.86. The summed E-state index contributed by atoms with van der Waals surface area (Å²) in [5.74, 6) is -2.50. The van der Waals surface area contributed by atoms with Gasteiger partial charge in [0.2, 0.25) is 0 Å². The summed E-state index contributed by atoms with van der Waals surface area (Å²) >= 11 is 0. The van der Waals surface area contributed by atoms with Crippen molar-refractivity contribution in [1.82, 2.24) is 4.90 Å². The fraction of sp³-hybridized carbons (Fsp3) is 1.00. The van der Waals surface area contributed by atoms with Crippen LogP contribution in [0, 0.1) is 11.8 Å². The first-order valence-corrected chi connectivity index (χ1v) is 4.98. The summed E-state index contributed by atoms with van der Waals surface area (Å²) in [6.07, 6.45) is 1.29. The van der Waals surface area contributed by atoms with E-state index in [1.807, 2.05) is 13.8 Å². The molecule has 78 valence electrons. The molecule has 0 amide bonds. The summed E-state index contributed by atoms with van der Waals surface area (Å²) in [5.41, 5.74) is 0. The Morgan fingerprint density at radius 3 is 2.54 bits per heavy atom. The standard InChI is InChI=1S/C10H19F2N/c1-8(2)6-9-4-5-13(3)7-10(9,11)12/h8-9H,4-7H2,1-3H3. The topological polar surface area (TPSA) is 3.24 Å². The summed E-state index contributed by atoms with van der Waals surface area (Å²) < 4.78 is 26.9. The summed E-state index contributed by atoms with van der Waals surface area (Å²) in [6, 6.07) is 0. The van der Waals surface area contributed by atoms with Gasteiger partial charge in [0, 0.05) is 5.92 Å². The van der Waals surface area contributed by atoms with Gasteiger partial charge in [-0.3, -0.25) is 0 Å². The van der Waals surface area contributed by atoms with Crippen molar-refractivity contribution in [3.05, 3.63) is 0 Å². The lowest BCUT2D eigenvalue weighted by molar-refractivity contribution is -0.111. The van der Waals surface area contributed by atoms with E-state index in [0.717, 1.165) is 6.54 Å². The van der Waals surface area contributed by atoms with Crippen molar-refractivity contribution >= 4 is 0 Å². The van der Waals surface area contributed by atoms with Crippen molar-refractivity contribution in [2.45, 2.75) is 32.6 Å². The van der Waals surface area contributed by atoms with E-state index in [1.165, 1.54) is 0 Å². The van der Waals surface area contributed by atoms with Crippen LogP contribution in [0.4, 0.5) is 8.78 Å². The number of piperidine rings is 1. The molecule has 0 N–H and O–H groups in total. The summed E-state index contributed by atoms with van der Waals surface area (Å²) in [4.78, 5) is 1.72. The van der Waals surface area contributed by atoms with E-state index in [0.29, 0.717) is 18.8 Å². The van der Waals surface area contributed by atoms with E-state index in [9.17, 15) is 8.78 Å². The highest BCUT2D eigenvalue weighted by Gasteiger charge is 2.43. The predicted octanol–water partition coefficient (Wildman–Crippen LogP) is 2.62. The number of hydrogen-bond acceptors (Lipinski definition) is 1. The maximum Gasteiger partial charge on any atom is 0.263 e. The average Bonchev–Trinajstić information content (AvgIpc) is 1.93. The van der Waals surface area contributed by atoms with Crippen LogP contribution in [0.3, 0.4) is 0 Å². The van der Waals surface area contributed by atoms with Crippen LogP contribution in [0.5, 0.6) is 0 Å². The van der Waals surface area contributed by atoms with Crippen LogP contribution < -0.4 is 0 Å². The molecule has 1 atom stereocenters. The van der Waals surface area contributed by atoms with E-state index >= 15 is 0 Å². The SMILES string of the molecule is CC(C)CC1CCN(C)CC1(F)F. The molecule has 0 saturated carbocycles. The van der Waals surface area contributed by atoms with Gasteiger partial charge in [-0.25, -0.2) is 8.78 Å². The van der Waals surface area contributed by atoms with Crippen LogP contribution >= 0.6 is 0 Å². The third-order valence-electron chi connectivity index (χ3n) is 2.69. The van der Waals surface area contributed by atoms with Crippen LogP contribution in [-0.2, 0) is 0 Å². The molecule has 0 bridgehead atoms. The van der Waals surface area contributed by atoms with E-state index in [-0.39, 0.29) is 6.54 Å². The van der Waals surface area contributed by atoms with E-state index < -0.39 is 11.8 Å². The molecule has 3 heteroatoms. The van der Waals surface area contributed by atoms with Crippen molar-refractivity contribution in [3.8, 4) is 0 Å². The lowest BCUT2D eigenvalue weighted by Gasteiger charge is -2.37. The van der Waals surface area contributed by atoms with E-state index in [2.05, 4.69) is 0 Å². The molecule has 1 aliphatic heterocycles. The van der Waals surface area contributed by atoms with Gasteiger partial charge in [-0.1, -0.05) is 13.8 Å². The molecule has 0 aliphatic carbocycles. The van der Waals surface area contributed by atoms with Gasteiger partial charge >= 0.3 is 0 Å². The first kappa shape index (κ1) is 10.9. The van der Waals surface area contributed by atoms with Gasteiger partial charge in [0.05, 0.1) is 6.54 Å². The van der Waals surface area contributed by atoms with Gasteiger partial charge in [-0.15, -0.1) is 0 Å². The third-order valence-corrected chi connectivity index (χ3v) is 2.69. The van der Waals surface area contributed by atoms with Gasteiger partial charge in [-0.2, -0.15) is 0 Å². The lowest BCUT2D eigenvalue weighted by Crippen LogP contribution is -2.47. The van der Waals surface area contributed by atoms with Gasteiger partial charge in [-0.05, 0) is 32.4 Å². The van der Waals surface area contributed by atoms with Gasteiger partial charge < -0.3 is 4.90 Å². The molecule has 0 spiro atoms. The van der Waals surface area contributed by atoms with Crippen LogP contribution in [0.2, 0.25) is 0 Å². The van der Waals surface area contributed by atoms with Crippen LogP contribution in [0.15, 0.2) is 0 Å². The van der Waals surface area contributed by atoms with Crippen molar-refractivity contribution < 1.29 is 8.78 Å². The molecule has 1 unspecified atom stereocenters. The molecular weight excluding hydrogens is 172 g/mol. The summed E-state index contributed by atoms with van der Waals surface area (Å²) in [7, 11) is 1.76. The smallest absolute Gasteiger partial charge is 0.263 e. The summed E-state index contributed by atoms with van der Waals surface area (Å²) in [6.45, 7) is 4.76. The van der Waals surface area contributed by atoms with Crippen LogP contribution in [-0.4, -0.2) is 31.0 Å². The van der Waals surface area contributed by atoms with Crippen LogP contribution in [0.1, 0.15) is 26.7 Å². The van der Waals surface area contributed by atoms with E-state index in [1.54, 1.807) is 11.9 Å². The number of halogens is 2. The molecule has 1 heterocycles. The first-order chi connectivity index (χ1) is 5.92. The van der Waals surface area contributed by atoms with Crippen molar-refractivity contribution in [2.75, 3.05) is 20.1 Å². The van der Waals surface area contributed by atoms with Crippen molar-refractivity contribution in [1.29, 1.82) is 0 Å². The Morgan fingerprint density at radius 1 is 1.46 bits per heavy atom. The Balaban J connectivity index is 2.54. The maximum atomic E-state index is 13.4. The number of hydrogen-bond donors (Lipinski definition) is 0. The second-order valence-electron chi connectivity index (χ2n) is 4.61. The molecule has 1 rings (SSSR count). The highest BCUT2D eigenvalue weighted by atomic mass is 19.3. The molecule has 1 aliphatic rings. The Kier molecular flexibility index (Phi) is 3.28. The molecule has 1 nitrogen and oxygen atoms in total. The molecule has 0 aromatic carbocycles. The first-order valence-electron chi connectivity index (χ1n) is 4.98. The average molecular weight is 191 g/mol. The Morgan fingerprint density at radius 2 is 2.08 bits per heavy atom. The molecule has 1 saturated heterocycles. The Labute approximate surface area is 79.1 Å².